The fourth-order valence-corrected chi connectivity index (χ4v) is 1.77. The zero-order chi connectivity index (χ0) is 10.0. The van der Waals surface area contributed by atoms with E-state index in [1.807, 2.05) is 0 Å². The van der Waals surface area contributed by atoms with E-state index >= 15 is 0 Å². The Morgan fingerprint density at radius 3 is 2.69 bits per heavy atom. The standard InChI is InChI=1S/C7H5BrClNO3/c1-13-7-4(8)2-3-5(6(7)9)10(11)12/h2-3H,1H3. The molecule has 1 rings (SSSR count). The quantitative estimate of drug-likeness (QED) is 0.611. The highest BCUT2D eigenvalue weighted by Crippen LogP contribution is 2.39. The minimum absolute atomic E-state index is 0.00174. The van der Waals surface area contributed by atoms with Crippen LogP contribution in [0.4, 0.5) is 5.69 Å². The van der Waals surface area contributed by atoms with E-state index in [0.717, 1.165) is 0 Å². The van der Waals surface area contributed by atoms with Crippen molar-refractivity contribution in [3.8, 4) is 5.75 Å². The van der Waals surface area contributed by atoms with Crippen molar-refractivity contribution in [2.75, 3.05) is 7.11 Å². The van der Waals surface area contributed by atoms with Gasteiger partial charge in [0.15, 0.2) is 10.8 Å². The molecule has 0 bridgehead atoms. The van der Waals surface area contributed by atoms with E-state index in [0.29, 0.717) is 4.47 Å². The van der Waals surface area contributed by atoms with E-state index < -0.39 is 4.92 Å². The molecule has 0 amide bonds. The fraction of sp³-hybridized carbons (Fsp3) is 0.143. The van der Waals surface area contributed by atoms with E-state index in [1.54, 1.807) is 0 Å². The molecule has 0 saturated heterocycles. The summed E-state index contributed by atoms with van der Waals surface area (Å²) in [7, 11) is 1.40. The average Bonchev–Trinajstić information content (AvgIpc) is 2.04. The van der Waals surface area contributed by atoms with Crippen molar-refractivity contribution >= 4 is 33.2 Å². The molecule has 0 N–H and O–H groups in total. The average molecular weight is 266 g/mol. The Bertz CT molecular complexity index is 356. The van der Waals surface area contributed by atoms with Crippen LogP contribution in [0.25, 0.3) is 0 Å². The highest BCUT2D eigenvalue weighted by atomic mass is 79.9. The number of hydrogen-bond donors (Lipinski definition) is 0. The summed E-state index contributed by atoms with van der Waals surface area (Å²) in [6.45, 7) is 0. The molecule has 0 radical (unpaired) electrons. The number of ether oxygens (including phenoxy) is 1. The molecule has 1 aromatic rings. The lowest BCUT2D eigenvalue weighted by Crippen LogP contribution is -1.92. The summed E-state index contributed by atoms with van der Waals surface area (Å²) in [5.74, 6) is 0.274. The third-order valence-corrected chi connectivity index (χ3v) is 2.42. The van der Waals surface area contributed by atoms with Gasteiger partial charge >= 0.3 is 0 Å². The smallest absolute Gasteiger partial charge is 0.291 e. The maximum absolute atomic E-state index is 10.5. The van der Waals surface area contributed by atoms with Gasteiger partial charge < -0.3 is 4.74 Å². The van der Waals surface area contributed by atoms with Crippen LogP contribution in [0.2, 0.25) is 5.02 Å². The number of hydrogen-bond acceptors (Lipinski definition) is 3. The second kappa shape index (κ2) is 3.93. The van der Waals surface area contributed by atoms with Crippen LogP contribution in [0.3, 0.4) is 0 Å². The van der Waals surface area contributed by atoms with Gasteiger partial charge in [-0.05, 0) is 22.0 Å². The summed E-state index contributed by atoms with van der Waals surface area (Å²) in [6.07, 6.45) is 0. The lowest BCUT2D eigenvalue weighted by Gasteiger charge is -2.04. The van der Waals surface area contributed by atoms with E-state index in [1.165, 1.54) is 19.2 Å². The zero-order valence-corrected chi connectivity index (χ0v) is 8.92. The van der Waals surface area contributed by atoms with Crippen molar-refractivity contribution in [2.24, 2.45) is 0 Å². The molecule has 0 heterocycles. The Hall–Kier alpha value is -0.810. The first-order valence-electron chi connectivity index (χ1n) is 3.24. The van der Waals surface area contributed by atoms with Crippen LogP contribution in [0.1, 0.15) is 0 Å². The van der Waals surface area contributed by atoms with Crippen LogP contribution in [0, 0.1) is 10.1 Å². The third-order valence-electron chi connectivity index (χ3n) is 1.43. The summed E-state index contributed by atoms with van der Waals surface area (Å²) in [6, 6.07) is 2.83. The molecule has 0 aliphatic carbocycles. The minimum Gasteiger partial charge on any atom is -0.494 e. The Kier molecular flexibility index (Phi) is 3.11. The number of nitrogens with zero attached hydrogens (tertiary/aromatic N) is 1. The molecule has 0 spiro atoms. The molecule has 0 saturated carbocycles. The highest BCUT2D eigenvalue weighted by Gasteiger charge is 2.18. The zero-order valence-electron chi connectivity index (χ0n) is 6.58. The van der Waals surface area contributed by atoms with Gasteiger partial charge in [-0.1, -0.05) is 11.6 Å². The SMILES string of the molecule is COc1c(Br)ccc([N+](=O)[O-])c1Cl. The molecule has 0 aliphatic heterocycles. The maximum Gasteiger partial charge on any atom is 0.291 e. The number of halogens is 2. The molecule has 6 heteroatoms. The van der Waals surface area contributed by atoms with Crippen LogP contribution >= 0.6 is 27.5 Å². The monoisotopic (exact) mass is 265 g/mol. The molecular formula is C7H5BrClNO3. The van der Waals surface area contributed by atoms with Gasteiger partial charge in [0.05, 0.1) is 16.5 Å². The van der Waals surface area contributed by atoms with E-state index in [4.69, 9.17) is 16.3 Å². The Balaban J connectivity index is 3.35. The van der Waals surface area contributed by atoms with Crippen molar-refractivity contribution in [1.29, 1.82) is 0 Å². The summed E-state index contributed by atoms with van der Waals surface area (Å²) in [5, 5.41) is 10.5. The topological polar surface area (TPSA) is 52.4 Å². The van der Waals surface area contributed by atoms with Gasteiger partial charge in [-0.15, -0.1) is 0 Å². The first kappa shape index (κ1) is 10.3. The van der Waals surface area contributed by atoms with Crippen LogP contribution in [0.15, 0.2) is 16.6 Å². The summed E-state index contributed by atoms with van der Waals surface area (Å²) >= 11 is 8.87. The van der Waals surface area contributed by atoms with E-state index in [-0.39, 0.29) is 16.5 Å². The van der Waals surface area contributed by atoms with Gasteiger partial charge in [0.1, 0.15) is 0 Å². The van der Waals surface area contributed by atoms with Crippen molar-refractivity contribution in [3.05, 3.63) is 31.7 Å². The van der Waals surface area contributed by atoms with Crippen molar-refractivity contribution < 1.29 is 9.66 Å². The highest BCUT2D eigenvalue weighted by molar-refractivity contribution is 9.10. The normalized spacial score (nSPS) is 9.77. The molecule has 0 aromatic heterocycles. The Morgan fingerprint density at radius 2 is 2.23 bits per heavy atom. The fourth-order valence-electron chi connectivity index (χ4n) is 0.850. The Labute approximate surface area is 87.7 Å². The lowest BCUT2D eigenvalue weighted by molar-refractivity contribution is -0.384. The summed E-state index contributed by atoms with van der Waals surface area (Å²) in [5.41, 5.74) is -0.165. The van der Waals surface area contributed by atoms with Crippen LogP contribution < -0.4 is 4.74 Å². The lowest BCUT2D eigenvalue weighted by atomic mass is 10.3. The minimum atomic E-state index is -0.558. The van der Waals surface area contributed by atoms with Crippen LogP contribution in [-0.4, -0.2) is 12.0 Å². The molecule has 1 aromatic carbocycles. The molecule has 4 nitrogen and oxygen atoms in total. The van der Waals surface area contributed by atoms with Gasteiger partial charge in [0.2, 0.25) is 0 Å². The van der Waals surface area contributed by atoms with Gasteiger partial charge in [0, 0.05) is 6.07 Å². The van der Waals surface area contributed by atoms with Crippen LogP contribution in [-0.2, 0) is 0 Å². The number of nitro groups is 1. The first-order chi connectivity index (χ1) is 6.07. The predicted molar refractivity (Wildman–Crippen MR) is 52.4 cm³/mol. The molecule has 0 unspecified atom stereocenters. The molecule has 13 heavy (non-hydrogen) atoms. The molecular weight excluding hydrogens is 261 g/mol. The third kappa shape index (κ3) is 1.92. The summed E-state index contributed by atoms with van der Waals surface area (Å²) < 4.78 is 5.47. The maximum atomic E-state index is 10.5. The molecule has 0 aliphatic rings. The van der Waals surface area contributed by atoms with Gasteiger partial charge in [0.25, 0.3) is 5.69 Å². The molecule has 0 fully saturated rings. The van der Waals surface area contributed by atoms with Gasteiger partial charge in [-0.3, -0.25) is 10.1 Å². The second-order valence-corrected chi connectivity index (χ2v) is 3.40. The number of nitro benzene ring substituents is 1. The van der Waals surface area contributed by atoms with Crippen molar-refractivity contribution in [2.45, 2.75) is 0 Å². The Morgan fingerprint density at radius 1 is 1.62 bits per heavy atom. The number of methoxy groups -OCH3 is 1. The van der Waals surface area contributed by atoms with E-state index in [2.05, 4.69) is 15.9 Å². The predicted octanol–water partition coefficient (Wildman–Crippen LogP) is 3.02. The van der Waals surface area contributed by atoms with Gasteiger partial charge in [-0.2, -0.15) is 0 Å². The first-order valence-corrected chi connectivity index (χ1v) is 4.41. The number of benzene rings is 1. The van der Waals surface area contributed by atoms with Crippen molar-refractivity contribution in [1.82, 2.24) is 0 Å². The van der Waals surface area contributed by atoms with E-state index in [9.17, 15) is 10.1 Å². The molecule has 0 atom stereocenters. The largest absolute Gasteiger partial charge is 0.494 e. The van der Waals surface area contributed by atoms with Crippen LogP contribution in [0.5, 0.6) is 5.75 Å². The summed E-state index contributed by atoms with van der Waals surface area (Å²) in [4.78, 5) is 9.89. The molecule has 70 valence electrons. The van der Waals surface area contributed by atoms with Gasteiger partial charge in [-0.25, -0.2) is 0 Å². The van der Waals surface area contributed by atoms with Crippen molar-refractivity contribution in [3.63, 3.8) is 0 Å². The second-order valence-electron chi connectivity index (χ2n) is 2.17. The number of rotatable bonds is 2.